The topological polar surface area (TPSA) is 51.0 Å². The minimum atomic E-state index is 0.407. The molecule has 14 heavy (non-hydrogen) atoms. The predicted molar refractivity (Wildman–Crippen MR) is 54.0 cm³/mol. The van der Waals surface area contributed by atoms with Crippen molar-refractivity contribution in [3.8, 4) is 0 Å². The second kappa shape index (κ2) is 2.97. The van der Waals surface area contributed by atoms with Crippen molar-refractivity contribution < 1.29 is 4.52 Å². The second-order valence-corrected chi connectivity index (χ2v) is 4.88. The van der Waals surface area contributed by atoms with E-state index in [1.165, 1.54) is 6.42 Å². The van der Waals surface area contributed by atoms with E-state index >= 15 is 0 Å². The number of hydrogen-bond acceptors (Lipinski definition) is 4. The van der Waals surface area contributed by atoms with Crippen molar-refractivity contribution in [2.75, 3.05) is 5.32 Å². The highest BCUT2D eigenvalue weighted by molar-refractivity contribution is 5.22. The average molecular weight is 195 g/mol. The van der Waals surface area contributed by atoms with Gasteiger partial charge in [0.1, 0.15) is 0 Å². The van der Waals surface area contributed by atoms with Gasteiger partial charge in [-0.1, -0.05) is 19.0 Å². The lowest BCUT2D eigenvalue weighted by atomic mass is 10.1. The van der Waals surface area contributed by atoms with E-state index in [1.54, 1.807) is 0 Å². The number of hydrogen-bond donors (Lipinski definition) is 1. The van der Waals surface area contributed by atoms with Gasteiger partial charge in [0.05, 0.1) is 0 Å². The zero-order valence-electron chi connectivity index (χ0n) is 9.16. The zero-order valence-corrected chi connectivity index (χ0v) is 9.16. The molecule has 0 radical (unpaired) electrons. The van der Waals surface area contributed by atoms with E-state index in [0.29, 0.717) is 23.3 Å². The van der Waals surface area contributed by atoms with Gasteiger partial charge in [0.15, 0.2) is 5.82 Å². The molecular weight excluding hydrogens is 178 g/mol. The van der Waals surface area contributed by atoms with Gasteiger partial charge in [0.2, 0.25) is 0 Å². The van der Waals surface area contributed by atoms with E-state index < -0.39 is 0 Å². The molecule has 1 aliphatic carbocycles. The highest BCUT2D eigenvalue weighted by Gasteiger charge is 2.48. The largest absolute Gasteiger partial charge is 0.335 e. The maximum absolute atomic E-state index is 5.01. The number of nitrogens with zero attached hydrogens (tertiary/aromatic N) is 2. The van der Waals surface area contributed by atoms with Crippen molar-refractivity contribution in [2.24, 2.45) is 11.3 Å². The summed E-state index contributed by atoms with van der Waals surface area (Å²) < 4.78 is 5.01. The Bertz CT molecular complexity index is 332. The van der Waals surface area contributed by atoms with Crippen molar-refractivity contribution in [1.29, 1.82) is 0 Å². The van der Waals surface area contributed by atoms with Gasteiger partial charge in [0.25, 0.3) is 0 Å². The van der Waals surface area contributed by atoms with Crippen LogP contribution >= 0.6 is 0 Å². The van der Waals surface area contributed by atoms with Crippen LogP contribution in [-0.4, -0.2) is 16.2 Å². The van der Waals surface area contributed by atoms with E-state index in [9.17, 15) is 0 Å². The maximum atomic E-state index is 5.01. The van der Waals surface area contributed by atoms with Gasteiger partial charge in [-0.25, -0.2) is 0 Å². The Morgan fingerprint density at radius 2 is 2.21 bits per heavy atom. The number of nitrogens with one attached hydrogen (secondary N) is 1. The first-order valence-electron chi connectivity index (χ1n) is 5.06. The summed E-state index contributed by atoms with van der Waals surface area (Å²) in [5.41, 5.74) is 0.474. The third-order valence-electron chi connectivity index (χ3n) is 3.07. The highest BCUT2D eigenvalue weighted by Crippen LogP contribution is 2.53. The molecule has 4 heteroatoms. The lowest BCUT2D eigenvalue weighted by molar-refractivity contribution is 0.415. The first-order chi connectivity index (χ1) is 6.49. The van der Waals surface area contributed by atoms with Crippen LogP contribution in [0.25, 0.3) is 0 Å². The van der Waals surface area contributed by atoms with Crippen LogP contribution in [0.2, 0.25) is 0 Å². The molecule has 2 atom stereocenters. The summed E-state index contributed by atoms with van der Waals surface area (Å²) in [6.45, 7) is 8.56. The highest BCUT2D eigenvalue weighted by atomic mass is 16.5. The van der Waals surface area contributed by atoms with Gasteiger partial charge in [-0.15, -0.1) is 0 Å². The molecule has 4 nitrogen and oxygen atoms in total. The first-order valence-corrected chi connectivity index (χ1v) is 5.06. The predicted octanol–water partition coefficient (Wildman–Crippen LogP) is 2.22. The fourth-order valence-electron chi connectivity index (χ4n) is 2.01. The van der Waals surface area contributed by atoms with E-state index in [1.807, 2.05) is 6.92 Å². The monoisotopic (exact) mass is 195 g/mol. The lowest BCUT2D eigenvalue weighted by Gasteiger charge is -2.12. The summed E-state index contributed by atoms with van der Waals surface area (Å²) in [5, 5.41) is 6.98. The van der Waals surface area contributed by atoms with Gasteiger partial charge in [-0.2, -0.15) is 4.98 Å². The Balaban J connectivity index is 1.93. The molecular formula is C10H17N3O. The fourth-order valence-corrected chi connectivity index (χ4v) is 2.01. The fraction of sp³-hybridized carbons (Fsp3) is 0.800. The van der Waals surface area contributed by atoms with E-state index in [4.69, 9.17) is 4.52 Å². The number of aryl methyl sites for hydroxylation is 1. The van der Waals surface area contributed by atoms with Crippen LogP contribution in [0.1, 0.15) is 33.0 Å². The Labute approximate surface area is 84.1 Å². The molecule has 78 valence electrons. The van der Waals surface area contributed by atoms with Gasteiger partial charge in [-0.05, 0) is 31.6 Å². The number of aromatic nitrogens is 2. The number of rotatable bonds is 3. The third-order valence-corrected chi connectivity index (χ3v) is 3.07. The molecule has 0 aliphatic heterocycles. The molecule has 1 aliphatic rings. The molecule has 1 saturated carbocycles. The normalized spacial score (nSPS) is 25.9. The third kappa shape index (κ3) is 1.74. The van der Waals surface area contributed by atoms with Gasteiger partial charge in [0, 0.05) is 6.04 Å². The van der Waals surface area contributed by atoms with Gasteiger partial charge < -0.3 is 9.84 Å². The molecule has 0 spiro atoms. The Hall–Kier alpha value is -1.06. The molecule has 1 fully saturated rings. The van der Waals surface area contributed by atoms with Crippen LogP contribution in [0.5, 0.6) is 0 Å². The SMILES string of the molecule is Cc1noc(NC(C)C2CC2(C)C)n1. The summed E-state index contributed by atoms with van der Waals surface area (Å²) in [6.07, 6.45) is 1.27. The Morgan fingerprint density at radius 1 is 1.57 bits per heavy atom. The van der Waals surface area contributed by atoms with Crippen LogP contribution < -0.4 is 5.32 Å². The maximum Gasteiger partial charge on any atom is 0.321 e. The molecule has 0 bridgehead atoms. The van der Waals surface area contributed by atoms with Crippen LogP contribution in [0.3, 0.4) is 0 Å². The van der Waals surface area contributed by atoms with Crippen molar-refractivity contribution in [2.45, 2.75) is 40.2 Å². The zero-order chi connectivity index (χ0) is 10.3. The standard InChI is InChI=1S/C10H17N3O/c1-6(8-5-10(8,3)4)11-9-12-7(2)13-14-9/h6,8H,5H2,1-4H3,(H,11,12,13). The first kappa shape index (κ1) is 9.49. The summed E-state index contributed by atoms with van der Waals surface area (Å²) in [5.74, 6) is 1.39. The van der Waals surface area contributed by atoms with E-state index in [-0.39, 0.29) is 0 Å². The molecule has 2 rings (SSSR count). The molecule has 1 N–H and O–H groups in total. The minimum Gasteiger partial charge on any atom is -0.335 e. The molecule has 0 amide bonds. The summed E-state index contributed by atoms with van der Waals surface area (Å²) in [7, 11) is 0. The summed E-state index contributed by atoms with van der Waals surface area (Å²) in [6, 6.07) is 0.947. The molecule has 1 aromatic rings. The quantitative estimate of drug-likeness (QED) is 0.803. The average Bonchev–Trinajstić information content (AvgIpc) is 2.51. The van der Waals surface area contributed by atoms with Crippen LogP contribution in [0.15, 0.2) is 4.52 Å². The summed E-state index contributed by atoms with van der Waals surface area (Å²) in [4.78, 5) is 4.12. The second-order valence-electron chi connectivity index (χ2n) is 4.88. The Kier molecular flexibility index (Phi) is 2.01. The smallest absolute Gasteiger partial charge is 0.321 e. The molecule has 0 aromatic carbocycles. The minimum absolute atomic E-state index is 0.407. The van der Waals surface area contributed by atoms with Crippen molar-refractivity contribution in [3.05, 3.63) is 5.82 Å². The molecule has 1 heterocycles. The van der Waals surface area contributed by atoms with Crippen LogP contribution in [0, 0.1) is 18.3 Å². The van der Waals surface area contributed by atoms with Crippen molar-refractivity contribution in [1.82, 2.24) is 10.1 Å². The molecule has 1 aromatic heterocycles. The van der Waals surface area contributed by atoms with Gasteiger partial charge >= 0.3 is 6.01 Å². The van der Waals surface area contributed by atoms with Crippen molar-refractivity contribution in [3.63, 3.8) is 0 Å². The van der Waals surface area contributed by atoms with Crippen LogP contribution in [-0.2, 0) is 0 Å². The summed E-state index contributed by atoms with van der Waals surface area (Å²) >= 11 is 0. The van der Waals surface area contributed by atoms with Crippen LogP contribution in [0.4, 0.5) is 6.01 Å². The lowest BCUT2D eigenvalue weighted by Crippen LogP contribution is -2.20. The van der Waals surface area contributed by atoms with Gasteiger partial charge in [-0.3, -0.25) is 0 Å². The van der Waals surface area contributed by atoms with E-state index in [2.05, 4.69) is 36.2 Å². The molecule has 2 unspecified atom stereocenters. The molecule has 0 saturated heterocycles. The number of anilines is 1. The van der Waals surface area contributed by atoms with E-state index in [0.717, 1.165) is 5.92 Å². The van der Waals surface area contributed by atoms with Crippen molar-refractivity contribution >= 4 is 6.01 Å². The Morgan fingerprint density at radius 3 is 2.64 bits per heavy atom.